The number of benzene rings is 1. The summed E-state index contributed by atoms with van der Waals surface area (Å²) in [6.07, 6.45) is 1.11. The Bertz CT molecular complexity index is 361. The molecule has 0 amide bonds. The number of ether oxygens (including phenoxy) is 1. The highest BCUT2D eigenvalue weighted by Crippen LogP contribution is 2.15. The monoisotopic (exact) mass is 248 g/mol. The van der Waals surface area contributed by atoms with Crippen LogP contribution in [0.4, 0.5) is 5.69 Å². The Morgan fingerprint density at radius 2 is 2.11 bits per heavy atom. The smallest absolute Gasteiger partial charge is 0.0594 e. The van der Waals surface area contributed by atoms with Gasteiger partial charge in [-0.1, -0.05) is 12.1 Å². The molecule has 100 valence electrons. The topological polar surface area (TPSA) is 24.5 Å². The van der Waals surface area contributed by atoms with Crippen molar-refractivity contribution in [3.63, 3.8) is 0 Å². The van der Waals surface area contributed by atoms with Crippen LogP contribution in [-0.4, -0.2) is 43.8 Å². The van der Waals surface area contributed by atoms with E-state index in [9.17, 15) is 0 Å². The van der Waals surface area contributed by atoms with Crippen LogP contribution < -0.4 is 5.32 Å². The lowest BCUT2D eigenvalue weighted by Gasteiger charge is -2.32. The summed E-state index contributed by atoms with van der Waals surface area (Å²) in [5.74, 6) is 0. The lowest BCUT2D eigenvalue weighted by molar-refractivity contribution is 0.0203. The molecule has 1 fully saturated rings. The molecule has 0 aliphatic carbocycles. The predicted octanol–water partition coefficient (Wildman–Crippen LogP) is 2.38. The van der Waals surface area contributed by atoms with Crippen molar-refractivity contribution in [2.45, 2.75) is 26.3 Å². The van der Waals surface area contributed by atoms with E-state index >= 15 is 0 Å². The summed E-state index contributed by atoms with van der Waals surface area (Å²) in [6, 6.07) is 9.34. The SMILES string of the molecule is CCNc1cccc(CC(C)N2CCOCC2)c1. The van der Waals surface area contributed by atoms with Crippen LogP contribution in [0.15, 0.2) is 24.3 Å². The first-order chi connectivity index (χ1) is 8.79. The summed E-state index contributed by atoms with van der Waals surface area (Å²) in [6.45, 7) is 9.29. The number of hydrogen-bond donors (Lipinski definition) is 1. The molecule has 0 spiro atoms. The van der Waals surface area contributed by atoms with Crippen LogP contribution in [0, 0.1) is 0 Å². The average molecular weight is 248 g/mol. The van der Waals surface area contributed by atoms with E-state index in [1.54, 1.807) is 0 Å². The Morgan fingerprint density at radius 1 is 1.33 bits per heavy atom. The van der Waals surface area contributed by atoms with Crippen molar-refractivity contribution in [3.8, 4) is 0 Å². The third kappa shape index (κ3) is 3.72. The van der Waals surface area contributed by atoms with Crippen LogP contribution in [0.25, 0.3) is 0 Å². The number of hydrogen-bond acceptors (Lipinski definition) is 3. The van der Waals surface area contributed by atoms with Gasteiger partial charge in [-0.2, -0.15) is 0 Å². The van der Waals surface area contributed by atoms with Gasteiger partial charge in [0.1, 0.15) is 0 Å². The zero-order valence-corrected chi connectivity index (χ0v) is 11.5. The van der Waals surface area contributed by atoms with Crippen molar-refractivity contribution in [3.05, 3.63) is 29.8 Å². The second-order valence-electron chi connectivity index (χ2n) is 4.93. The maximum Gasteiger partial charge on any atom is 0.0594 e. The van der Waals surface area contributed by atoms with Gasteiger partial charge >= 0.3 is 0 Å². The Labute approximate surface area is 110 Å². The molecular weight excluding hydrogens is 224 g/mol. The Balaban J connectivity index is 1.93. The van der Waals surface area contributed by atoms with Crippen molar-refractivity contribution >= 4 is 5.69 Å². The van der Waals surface area contributed by atoms with Gasteiger partial charge in [0.25, 0.3) is 0 Å². The maximum atomic E-state index is 5.40. The molecule has 1 N–H and O–H groups in total. The molecule has 1 aromatic carbocycles. The highest BCUT2D eigenvalue weighted by atomic mass is 16.5. The van der Waals surface area contributed by atoms with Gasteiger partial charge in [0.2, 0.25) is 0 Å². The Kier molecular flexibility index (Phi) is 5.02. The zero-order valence-electron chi connectivity index (χ0n) is 11.5. The molecule has 3 nitrogen and oxygen atoms in total. The fourth-order valence-corrected chi connectivity index (χ4v) is 2.50. The zero-order chi connectivity index (χ0) is 12.8. The van der Waals surface area contributed by atoms with Gasteiger partial charge in [0.15, 0.2) is 0 Å². The third-order valence-corrected chi connectivity index (χ3v) is 3.51. The van der Waals surface area contributed by atoms with Crippen LogP contribution in [0.1, 0.15) is 19.4 Å². The summed E-state index contributed by atoms with van der Waals surface area (Å²) in [5.41, 5.74) is 2.64. The molecule has 1 unspecified atom stereocenters. The molecule has 1 saturated heterocycles. The largest absolute Gasteiger partial charge is 0.385 e. The Morgan fingerprint density at radius 3 is 2.83 bits per heavy atom. The molecule has 1 heterocycles. The van der Waals surface area contributed by atoms with E-state index in [1.165, 1.54) is 11.3 Å². The normalized spacial score (nSPS) is 18.6. The average Bonchev–Trinajstić information content (AvgIpc) is 2.40. The highest BCUT2D eigenvalue weighted by Gasteiger charge is 2.17. The second kappa shape index (κ2) is 6.76. The van der Waals surface area contributed by atoms with Gasteiger partial charge in [-0.15, -0.1) is 0 Å². The van der Waals surface area contributed by atoms with E-state index in [2.05, 4.69) is 48.3 Å². The van der Waals surface area contributed by atoms with E-state index in [1.807, 2.05) is 0 Å². The lowest BCUT2D eigenvalue weighted by atomic mass is 10.0. The van der Waals surface area contributed by atoms with Crippen LogP contribution in [0.3, 0.4) is 0 Å². The fraction of sp³-hybridized carbons (Fsp3) is 0.600. The van der Waals surface area contributed by atoms with Crippen molar-refractivity contribution < 1.29 is 4.74 Å². The van der Waals surface area contributed by atoms with Gasteiger partial charge in [0.05, 0.1) is 13.2 Å². The number of morpholine rings is 1. The van der Waals surface area contributed by atoms with Crippen molar-refractivity contribution in [2.75, 3.05) is 38.2 Å². The minimum atomic E-state index is 0.589. The third-order valence-electron chi connectivity index (χ3n) is 3.51. The van der Waals surface area contributed by atoms with E-state index in [0.717, 1.165) is 39.3 Å². The molecule has 1 atom stereocenters. The summed E-state index contributed by atoms with van der Waals surface area (Å²) < 4.78 is 5.40. The van der Waals surface area contributed by atoms with E-state index in [4.69, 9.17) is 4.74 Å². The minimum absolute atomic E-state index is 0.589. The van der Waals surface area contributed by atoms with E-state index in [0.29, 0.717) is 6.04 Å². The highest BCUT2D eigenvalue weighted by molar-refractivity contribution is 5.45. The van der Waals surface area contributed by atoms with Gasteiger partial charge in [-0.3, -0.25) is 4.90 Å². The molecule has 2 rings (SSSR count). The van der Waals surface area contributed by atoms with Crippen LogP contribution in [0.2, 0.25) is 0 Å². The minimum Gasteiger partial charge on any atom is -0.385 e. The molecule has 1 aliphatic rings. The van der Waals surface area contributed by atoms with Gasteiger partial charge in [-0.05, 0) is 38.0 Å². The standard InChI is InChI=1S/C15H24N2O/c1-3-16-15-6-4-5-14(12-15)11-13(2)17-7-9-18-10-8-17/h4-6,12-13,16H,3,7-11H2,1-2H3. The molecule has 0 saturated carbocycles. The van der Waals surface area contributed by atoms with Crippen LogP contribution in [-0.2, 0) is 11.2 Å². The van der Waals surface area contributed by atoms with E-state index < -0.39 is 0 Å². The molecular formula is C15H24N2O. The van der Waals surface area contributed by atoms with Gasteiger partial charge in [-0.25, -0.2) is 0 Å². The number of rotatable bonds is 5. The van der Waals surface area contributed by atoms with Crippen molar-refractivity contribution in [1.82, 2.24) is 4.90 Å². The maximum absolute atomic E-state index is 5.40. The molecule has 1 aliphatic heterocycles. The van der Waals surface area contributed by atoms with E-state index in [-0.39, 0.29) is 0 Å². The molecule has 0 bridgehead atoms. The molecule has 3 heteroatoms. The predicted molar refractivity (Wildman–Crippen MR) is 76.2 cm³/mol. The van der Waals surface area contributed by atoms with Gasteiger partial charge < -0.3 is 10.1 Å². The second-order valence-corrected chi connectivity index (χ2v) is 4.93. The van der Waals surface area contributed by atoms with Crippen molar-refractivity contribution in [1.29, 1.82) is 0 Å². The molecule has 1 aromatic rings. The summed E-state index contributed by atoms with van der Waals surface area (Å²) in [7, 11) is 0. The van der Waals surface area contributed by atoms with Crippen LogP contribution >= 0.6 is 0 Å². The first-order valence-corrected chi connectivity index (χ1v) is 6.94. The Hall–Kier alpha value is -1.06. The first kappa shape index (κ1) is 13.4. The quantitative estimate of drug-likeness (QED) is 0.866. The van der Waals surface area contributed by atoms with Crippen molar-refractivity contribution in [2.24, 2.45) is 0 Å². The fourth-order valence-electron chi connectivity index (χ4n) is 2.50. The summed E-state index contributed by atoms with van der Waals surface area (Å²) in [5, 5.41) is 3.37. The lowest BCUT2D eigenvalue weighted by Crippen LogP contribution is -2.43. The first-order valence-electron chi connectivity index (χ1n) is 6.94. The molecule has 0 aromatic heterocycles. The summed E-state index contributed by atoms with van der Waals surface area (Å²) >= 11 is 0. The van der Waals surface area contributed by atoms with Gasteiger partial charge in [0, 0.05) is 31.4 Å². The number of nitrogens with one attached hydrogen (secondary N) is 1. The summed E-state index contributed by atoms with van der Waals surface area (Å²) in [4.78, 5) is 2.52. The van der Waals surface area contributed by atoms with Crippen LogP contribution in [0.5, 0.6) is 0 Å². The number of anilines is 1. The molecule has 18 heavy (non-hydrogen) atoms. The number of nitrogens with zero attached hydrogens (tertiary/aromatic N) is 1. The molecule has 0 radical (unpaired) electrons.